The smallest absolute Gasteiger partial charge is 0.406 e. The van der Waals surface area contributed by atoms with E-state index in [1.807, 2.05) is 34.6 Å². The van der Waals surface area contributed by atoms with Gasteiger partial charge < -0.3 is 10.1 Å². The molecule has 2 heterocycles. The first-order chi connectivity index (χ1) is 12.0. The molecule has 0 radical (unpaired) electrons. The molecule has 0 spiro atoms. The van der Waals surface area contributed by atoms with E-state index in [9.17, 15) is 9.59 Å². The van der Waals surface area contributed by atoms with Crippen LogP contribution in [0.4, 0.5) is 4.79 Å². The van der Waals surface area contributed by atoms with Gasteiger partial charge in [-0.25, -0.2) is 4.98 Å². The van der Waals surface area contributed by atoms with E-state index in [0.29, 0.717) is 29.3 Å². The molecule has 2 rings (SSSR count). The van der Waals surface area contributed by atoms with E-state index >= 15 is 0 Å². The molecule has 26 heavy (non-hydrogen) atoms. The van der Waals surface area contributed by atoms with E-state index in [1.54, 1.807) is 23.6 Å². The number of pyridine rings is 1. The van der Waals surface area contributed by atoms with Crippen molar-refractivity contribution >= 4 is 29.3 Å². The van der Waals surface area contributed by atoms with Gasteiger partial charge in [0.1, 0.15) is 10.8 Å². The molecule has 0 aromatic carbocycles. The van der Waals surface area contributed by atoms with E-state index < -0.39 is 5.60 Å². The zero-order chi connectivity index (χ0) is 19.6. The zero-order valence-corrected chi connectivity index (χ0v) is 17.0. The summed E-state index contributed by atoms with van der Waals surface area (Å²) in [6, 6.07) is 3.17. The van der Waals surface area contributed by atoms with Crippen LogP contribution in [0.5, 0.6) is 0 Å². The van der Waals surface area contributed by atoms with Crippen LogP contribution in [0.25, 0.3) is 0 Å². The van der Waals surface area contributed by atoms with Crippen LogP contribution in [-0.2, 0) is 4.74 Å². The lowest BCUT2D eigenvalue weighted by Gasteiger charge is -2.27. The summed E-state index contributed by atoms with van der Waals surface area (Å²) in [5.74, 6) is -0.178. The van der Waals surface area contributed by atoms with Gasteiger partial charge in [0.25, 0.3) is 5.91 Å². The van der Waals surface area contributed by atoms with Crippen LogP contribution in [0.1, 0.15) is 63.5 Å². The molecule has 0 saturated carbocycles. The molecule has 2 atom stereocenters. The Kier molecular flexibility index (Phi) is 6.06. The number of hydrogen-bond donors (Lipinski definition) is 1. The summed E-state index contributed by atoms with van der Waals surface area (Å²) in [7, 11) is 0. The quantitative estimate of drug-likeness (QED) is 0.626. The van der Waals surface area contributed by atoms with Crippen LogP contribution >= 0.6 is 11.6 Å². The highest BCUT2D eigenvalue weighted by molar-refractivity contribution is 6.29. The minimum atomic E-state index is -0.540. The molecular formula is C19H27ClN3O3+. The fourth-order valence-electron chi connectivity index (χ4n) is 3.22. The van der Waals surface area contributed by atoms with Crippen molar-refractivity contribution in [1.29, 1.82) is 0 Å². The van der Waals surface area contributed by atoms with Crippen molar-refractivity contribution in [2.75, 3.05) is 0 Å². The number of rotatable bonds is 2. The Morgan fingerprint density at radius 3 is 2.50 bits per heavy atom. The number of hydrogen-bond acceptors (Lipinski definition) is 4. The van der Waals surface area contributed by atoms with Crippen LogP contribution in [0.15, 0.2) is 12.1 Å². The van der Waals surface area contributed by atoms with Gasteiger partial charge in [-0.3, -0.25) is 4.79 Å². The molecule has 142 valence electrons. The number of carbonyl (C=O) groups is 2. The Labute approximate surface area is 159 Å². The Morgan fingerprint density at radius 1 is 1.31 bits per heavy atom. The van der Waals surface area contributed by atoms with Crippen molar-refractivity contribution in [2.45, 2.75) is 72.1 Å². The van der Waals surface area contributed by atoms with Gasteiger partial charge in [0.2, 0.25) is 0 Å². The first-order valence-corrected chi connectivity index (χ1v) is 9.14. The molecule has 1 aliphatic rings. The number of ether oxygens (including phenoxy) is 1. The summed E-state index contributed by atoms with van der Waals surface area (Å²) in [6.45, 7) is 11.2. The number of aromatic nitrogens is 1. The maximum absolute atomic E-state index is 12.6. The first-order valence-electron chi connectivity index (χ1n) is 8.76. The van der Waals surface area contributed by atoms with E-state index in [4.69, 9.17) is 16.3 Å². The van der Waals surface area contributed by atoms with Gasteiger partial charge in [-0.15, -0.1) is 4.58 Å². The normalized spacial score (nSPS) is 20.7. The number of halogens is 1. The summed E-state index contributed by atoms with van der Waals surface area (Å²) in [5.41, 5.74) is 1.44. The van der Waals surface area contributed by atoms with E-state index in [-0.39, 0.29) is 24.1 Å². The summed E-state index contributed by atoms with van der Waals surface area (Å²) < 4.78 is 7.17. The topological polar surface area (TPSA) is 71.3 Å². The van der Waals surface area contributed by atoms with E-state index in [2.05, 4.69) is 10.3 Å². The Hall–Kier alpha value is -1.95. The largest absolute Gasteiger partial charge is 0.597 e. The lowest BCUT2D eigenvalue weighted by Crippen LogP contribution is -2.49. The lowest BCUT2D eigenvalue weighted by molar-refractivity contribution is -0.494. The third-order valence-corrected chi connectivity index (χ3v) is 4.45. The van der Waals surface area contributed by atoms with Crippen LogP contribution in [-0.4, -0.2) is 45.0 Å². The van der Waals surface area contributed by atoms with Gasteiger partial charge in [-0.1, -0.05) is 11.6 Å². The lowest BCUT2D eigenvalue weighted by atomic mass is 9.97. The van der Waals surface area contributed by atoms with Crippen molar-refractivity contribution in [3.05, 3.63) is 28.5 Å². The fourth-order valence-corrected chi connectivity index (χ4v) is 3.41. The third-order valence-electron chi connectivity index (χ3n) is 4.24. The zero-order valence-electron chi connectivity index (χ0n) is 16.2. The second kappa shape index (κ2) is 7.74. The molecule has 1 aromatic rings. The van der Waals surface area contributed by atoms with E-state index in [0.717, 1.165) is 5.71 Å². The maximum atomic E-state index is 12.6. The average molecular weight is 381 g/mol. The van der Waals surface area contributed by atoms with Crippen LogP contribution in [0.3, 0.4) is 0 Å². The predicted octanol–water partition coefficient (Wildman–Crippen LogP) is 3.73. The number of nitrogens with one attached hydrogen (secondary N) is 1. The molecule has 0 bridgehead atoms. The number of aryl methyl sites for hydroxylation is 1. The summed E-state index contributed by atoms with van der Waals surface area (Å²) in [4.78, 5) is 29.1. The molecule has 2 amide bonds. The minimum absolute atomic E-state index is 0.0498. The van der Waals surface area contributed by atoms with Gasteiger partial charge >= 0.3 is 6.09 Å². The first kappa shape index (κ1) is 20.4. The Bertz CT molecular complexity index is 753. The van der Waals surface area contributed by atoms with Gasteiger partial charge in [0.05, 0.1) is 11.3 Å². The Morgan fingerprint density at radius 2 is 1.96 bits per heavy atom. The van der Waals surface area contributed by atoms with Gasteiger partial charge in [0.15, 0.2) is 11.8 Å². The average Bonchev–Trinajstić information content (AvgIpc) is 2.43. The van der Waals surface area contributed by atoms with Crippen molar-refractivity contribution in [3.8, 4) is 0 Å². The highest BCUT2D eigenvalue weighted by Gasteiger charge is 2.39. The third kappa shape index (κ3) is 5.04. The minimum Gasteiger partial charge on any atom is -0.406 e. The number of nitrogens with zero attached hydrogens (tertiary/aromatic N) is 2. The summed E-state index contributed by atoms with van der Waals surface area (Å²) in [6.07, 6.45) is 0.905. The van der Waals surface area contributed by atoms with Gasteiger partial charge in [0, 0.05) is 25.8 Å². The van der Waals surface area contributed by atoms with Crippen molar-refractivity contribution in [3.63, 3.8) is 0 Å². The van der Waals surface area contributed by atoms with E-state index in [1.165, 1.54) is 0 Å². The molecule has 6 nitrogen and oxygen atoms in total. The summed E-state index contributed by atoms with van der Waals surface area (Å²) >= 11 is 5.85. The number of carbonyl (C=O) groups excluding carboxylic acids is 2. The SMILES string of the molecule is CC1=[N+](C(=O)OC(C)(C)C)[C@@H](C)CC(NC(=O)c2ccc(Cl)nc2C)C1. The second-order valence-electron chi connectivity index (χ2n) is 7.81. The van der Waals surface area contributed by atoms with Crippen molar-refractivity contribution in [1.82, 2.24) is 10.3 Å². The molecule has 7 heteroatoms. The standard InChI is InChI=1S/C19H26ClN3O3/c1-11-9-14(10-12(2)23(11)18(25)26-19(4,5)6)22-17(24)15-7-8-16(20)21-13(15)3/h7-8,11,14H,9-10H2,1-6H3/p+1/t11-,14?/m0/s1. The highest BCUT2D eigenvalue weighted by Crippen LogP contribution is 2.19. The van der Waals surface area contributed by atoms with Crippen molar-refractivity contribution < 1.29 is 18.9 Å². The molecule has 0 aliphatic carbocycles. The fraction of sp³-hybridized carbons (Fsp3) is 0.579. The van der Waals surface area contributed by atoms with Crippen molar-refractivity contribution in [2.24, 2.45) is 0 Å². The summed E-state index contributed by atoms with van der Waals surface area (Å²) in [5, 5.41) is 3.41. The van der Waals surface area contributed by atoms with Crippen LogP contribution in [0.2, 0.25) is 5.15 Å². The second-order valence-corrected chi connectivity index (χ2v) is 8.20. The maximum Gasteiger partial charge on any atom is 0.597 e. The molecular weight excluding hydrogens is 354 g/mol. The molecule has 1 aromatic heterocycles. The molecule has 1 N–H and O–H groups in total. The van der Waals surface area contributed by atoms with Gasteiger partial charge in [-0.2, -0.15) is 4.79 Å². The molecule has 1 unspecified atom stereocenters. The molecule has 0 saturated heterocycles. The highest BCUT2D eigenvalue weighted by atomic mass is 35.5. The predicted molar refractivity (Wildman–Crippen MR) is 101 cm³/mol. The number of amides is 2. The monoisotopic (exact) mass is 380 g/mol. The molecule has 1 aliphatic heterocycles. The van der Waals surface area contributed by atoms with Crippen LogP contribution in [0, 0.1) is 6.92 Å². The van der Waals surface area contributed by atoms with Crippen LogP contribution < -0.4 is 5.32 Å². The molecule has 0 fully saturated rings. The Balaban J connectivity index is 2.11. The van der Waals surface area contributed by atoms with Gasteiger partial charge in [-0.05, 0) is 46.8 Å².